The maximum Gasteiger partial charge on any atom is 0.160 e. The largest absolute Gasteiger partial charge is 0.300 e. The first kappa shape index (κ1) is 12.3. The van der Waals surface area contributed by atoms with E-state index in [1.165, 1.54) is 20.8 Å². The molecule has 3 heteroatoms. The van der Waals surface area contributed by atoms with Crippen LogP contribution in [0, 0.1) is 0 Å². The highest BCUT2D eigenvalue weighted by Crippen LogP contribution is 2.14. The van der Waals surface area contributed by atoms with E-state index in [0.717, 1.165) is 0 Å². The van der Waals surface area contributed by atoms with Crippen molar-refractivity contribution in [3.63, 3.8) is 0 Å². The van der Waals surface area contributed by atoms with E-state index in [0.29, 0.717) is 16.7 Å². The second kappa shape index (κ2) is 4.84. The topological polar surface area (TPSA) is 51.2 Å². The minimum Gasteiger partial charge on any atom is -0.300 e. The lowest BCUT2D eigenvalue weighted by molar-refractivity contribution is -0.116. The molecule has 1 aromatic rings. The fraction of sp³-hybridized carbons (Fsp3) is 0.308. The van der Waals surface area contributed by atoms with Crippen LogP contribution in [-0.2, 0) is 11.2 Å². The number of Topliss-reactive ketones (excluding diaryl/α,β-unsaturated/α-hetero) is 3. The van der Waals surface area contributed by atoms with Gasteiger partial charge in [-0.2, -0.15) is 0 Å². The standard InChI is InChI=1S/C13H14O3/c1-8(14)6-12-7-11(9(2)15)4-5-13(12)10(3)16/h4-5,7H,6H2,1-3H3. The molecular formula is C13H14O3. The molecule has 0 saturated carbocycles. The highest BCUT2D eigenvalue weighted by molar-refractivity contribution is 6.00. The molecule has 0 aliphatic heterocycles. The average Bonchev–Trinajstić information content (AvgIpc) is 2.15. The quantitative estimate of drug-likeness (QED) is 0.728. The predicted molar refractivity (Wildman–Crippen MR) is 60.8 cm³/mol. The molecule has 1 rings (SSSR count). The van der Waals surface area contributed by atoms with Gasteiger partial charge in [0.2, 0.25) is 0 Å². The van der Waals surface area contributed by atoms with Crippen molar-refractivity contribution in [2.45, 2.75) is 27.2 Å². The summed E-state index contributed by atoms with van der Waals surface area (Å²) in [6, 6.07) is 4.85. The minimum atomic E-state index is -0.0913. The zero-order valence-electron chi connectivity index (χ0n) is 9.66. The highest BCUT2D eigenvalue weighted by Gasteiger charge is 2.11. The van der Waals surface area contributed by atoms with E-state index in [-0.39, 0.29) is 23.8 Å². The van der Waals surface area contributed by atoms with Gasteiger partial charge in [0, 0.05) is 17.5 Å². The van der Waals surface area contributed by atoms with Gasteiger partial charge in [0.25, 0.3) is 0 Å². The Labute approximate surface area is 94.5 Å². The second-order valence-corrected chi connectivity index (χ2v) is 3.86. The van der Waals surface area contributed by atoms with Crippen molar-refractivity contribution >= 4 is 17.3 Å². The first-order valence-electron chi connectivity index (χ1n) is 5.06. The van der Waals surface area contributed by atoms with Crippen LogP contribution in [0.1, 0.15) is 47.1 Å². The van der Waals surface area contributed by atoms with Crippen molar-refractivity contribution in [3.05, 3.63) is 34.9 Å². The summed E-state index contributed by atoms with van der Waals surface area (Å²) in [5.41, 5.74) is 1.68. The molecule has 0 atom stereocenters. The van der Waals surface area contributed by atoms with Gasteiger partial charge in [-0.25, -0.2) is 0 Å². The Balaban J connectivity index is 3.26. The summed E-state index contributed by atoms with van der Waals surface area (Å²) in [6.07, 6.45) is 0.191. The summed E-state index contributed by atoms with van der Waals surface area (Å²) in [6.45, 7) is 4.37. The SMILES string of the molecule is CC(=O)Cc1cc(C(C)=O)ccc1C(C)=O. The zero-order valence-corrected chi connectivity index (χ0v) is 9.66. The number of rotatable bonds is 4. The summed E-state index contributed by atoms with van der Waals surface area (Å²) < 4.78 is 0. The van der Waals surface area contributed by atoms with E-state index < -0.39 is 0 Å². The van der Waals surface area contributed by atoms with Crippen molar-refractivity contribution in [1.29, 1.82) is 0 Å². The summed E-state index contributed by atoms with van der Waals surface area (Å²) in [7, 11) is 0. The van der Waals surface area contributed by atoms with Crippen LogP contribution in [0.3, 0.4) is 0 Å². The van der Waals surface area contributed by atoms with Crippen LogP contribution in [0.2, 0.25) is 0 Å². The molecule has 0 aliphatic rings. The zero-order chi connectivity index (χ0) is 12.3. The first-order valence-corrected chi connectivity index (χ1v) is 5.06. The van der Waals surface area contributed by atoms with Gasteiger partial charge in [-0.3, -0.25) is 14.4 Å². The monoisotopic (exact) mass is 218 g/mol. The molecule has 1 aromatic carbocycles. The Bertz CT molecular complexity index is 458. The number of carbonyl (C=O) groups excluding carboxylic acids is 3. The first-order chi connectivity index (χ1) is 7.41. The van der Waals surface area contributed by atoms with Crippen LogP contribution < -0.4 is 0 Å². The van der Waals surface area contributed by atoms with Crippen LogP contribution in [0.4, 0.5) is 0 Å². The van der Waals surface area contributed by atoms with Gasteiger partial charge < -0.3 is 0 Å². The number of benzene rings is 1. The maximum atomic E-state index is 11.3. The van der Waals surface area contributed by atoms with E-state index in [2.05, 4.69) is 0 Å². The lowest BCUT2D eigenvalue weighted by Gasteiger charge is -2.06. The lowest BCUT2D eigenvalue weighted by Crippen LogP contribution is -2.06. The van der Waals surface area contributed by atoms with Crippen LogP contribution in [-0.4, -0.2) is 17.3 Å². The number of hydrogen-bond donors (Lipinski definition) is 0. The van der Waals surface area contributed by atoms with Gasteiger partial charge in [0.05, 0.1) is 0 Å². The molecule has 16 heavy (non-hydrogen) atoms. The molecule has 0 aromatic heterocycles. The summed E-state index contributed by atoms with van der Waals surface area (Å²) in [5, 5.41) is 0. The molecule has 0 aliphatic carbocycles. The highest BCUT2D eigenvalue weighted by atomic mass is 16.1. The van der Waals surface area contributed by atoms with Crippen LogP contribution in [0.5, 0.6) is 0 Å². The van der Waals surface area contributed by atoms with Crippen LogP contribution in [0.25, 0.3) is 0 Å². The lowest BCUT2D eigenvalue weighted by atomic mass is 9.96. The van der Waals surface area contributed by atoms with Crippen molar-refractivity contribution in [2.24, 2.45) is 0 Å². The molecular weight excluding hydrogens is 204 g/mol. The van der Waals surface area contributed by atoms with Gasteiger partial charge in [0.1, 0.15) is 5.78 Å². The van der Waals surface area contributed by atoms with Crippen LogP contribution in [0.15, 0.2) is 18.2 Å². The summed E-state index contributed by atoms with van der Waals surface area (Å²) in [5.74, 6) is -0.186. The molecule has 0 unspecified atom stereocenters. The van der Waals surface area contributed by atoms with Gasteiger partial charge >= 0.3 is 0 Å². The Morgan fingerprint density at radius 2 is 1.62 bits per heavy atom. The molecule has 0 bridgehead atoms. The van der Waals surface area contributed by atoms with Gasteiger partial charge in [-0.1, -0.05) is 12.1 Å². The molecule has 84 valence electrons. The summed E-state index contributed by atoms with van der Waals surface area (Å²) >= 11 is 0. The van der Waals surface area contributed by atoms with E-state index in [4.69, 9.17) is 0 Å². The van der Waals surface area contributed by atoms with Gasteiger partial charge in [0.15, 0.2) is 11.6 Å². The fourth-order valence-corrected chi connectivity index (χ4v) is 1.57. The van der Waals surface area contributed by atoms with Crippen LogP contribution >= 0.6 is 0 Å². The molecule has 0 amide bonds. The Morgan fingerprint density at radius 3 is 2.06 bits per heavy atom. The number of carbonyl (C=O) groups is 3. The number of ketones is 3. The molecule has 0 N–H and O–H groups in total. The van der Waals surface area contributed by atoms with Crippen molar-refractivity contribution in [3.8, 4) is 0 Å². The summed E-state index contributed by atoms with van der Waals surface area (Å²) in [4.78, 5) is 33.6. The Morgan fingerprint density at radius 1 is 1.00 bits per heavy atom. The van der Waals surface area contributed by atoms with E-state index in [1.807, 2.05) is 0 Å². The smallest absolute Gasteiger partial charge is 0.160 e. The number of hydrogen-bond acceptors (Lipinski definition) is 3. The normalized spacial score (nSPS) is 9.94. The predicted octanol–water partition coefficient (Wildman–Crippen LogP) is 2.22. The van der Waals surface area contributed by atoms with Crippen molar-refractivity contribution < 1.29 is 14.4 Å². The molecule has 0 spiro atoms. The molecule has 3 nitrogen and oxygen atoms in total. The van der Waals surface area contributed by atoms with E-state index >= 15 is 0 Å². The molecule has 0 radical (unpaired) electrons. The minimum absolute atomic E-state index is 0.0248. The second-order valence-electron chi connectivity index (χ2n) is 3.86. The van der Waals surface area contributed by atoms with Crippen molar-refractivity contribution in [1.82, 2.24) is 0 Å². The third kappa shape index (κ3) is 2.86. The Hall–Kier alpha value is -1.77. The molecule has 0 fully saturated rings. The van der Waals surface area contributed by atoms with E-state index in [9.17, 15) is 14.4 Å². The molecule has 0 saturated heterocycles. The Kier molecular flexibility index (Phi) is 3.72. The van der Waals surface area contributed by atoms with Gasteiger partial charge in [-0.05, 0) is 32.4 Å². The van der Waals surface area contributed by atoms with Crippen molar-refractivity contribution in [2.75, 3.05) is 0 Å². The third-order valence-corrected chi connectivity index (χ3v) is 2.33. The maximum absolute atomic E-state index is 11.3. The molecule has 0 heterocycles. The van der Waals surface area contributed by atoms with E-state index in [1.54, 1.807) is 18.2 Å². The van der Waals surface area contributed by atoms with Gasteiger partial charge in [-0.15, -0.1) is 0 Å². The average molecular weight is 218 g/mol. The fourth-order valence-electron chi connectivity index (χ4n) is 1.57. The third-order valence-electron chi connectivity index (χ3n) is 2.33.